The smallest absolute Gasteiger partial charge is 0.192 e. The van der Waals surface area contributed by atoms with Gasteiger partial charge in [0.15, 0.2) is 5.16 Å². The van der Waals surface area contributed by atoms with Crippen molar-refractivity contribution in [1.29, 1.82) is 0 Å². The first kappa shape index (κ1) is 11.7. The summed E-state index contributed by atoms with van der Waals surface area (Å²) in [6.45, 7) is 0.490. The Morgan fingerprint density at radius 3 is 2.67 bits per heavy atom. The van der Waals surface area contributed by atoms with Crippen LogP contribution in [-0.4, -0.2) is 9.97 Å². The third-order valence-corrected chi connectivity index (χ3v) is 4.08. The predicted molar refractivity (Wildman–Crippen MR) is 72.5 cm³/mol. The first-order valence-electron chi connectivity index (χ1n) is 6.16. The summed E-state index contributed by atoms with van der Waals surface area (Å²) >= 11 is 1.61. The molecule has 92 valence electrons. The fraction of sp³-hybridized carbons (Fsp3) is 0.286. The van der Waals surface area contributed by atoms with Crippen molar-refractivity contribution in [3.63, 3.8) is 0 Å². The van der Waals surface area contributed by atoms with Crippen LogP contribution in [0.25, 0.3) is 0 Å². The highest BCUT2D eigenvalue weighted by atomic mass is 32.2. The van der Waals surface area contributed by atoms with Crippen LogP contribution in [0.15, 0.2) is 40.6 Å². The molecule has 0 atom stereocenters. The molecule has 0 unspecified atom stereocenters. The second-order valence-electron chi connectivity index (χ2n) is 4.46. The minimum absolute atomic E-state index is 0.490. The number of hydrogen-bond donors (Lipinski definition) is 1. The van der Waals surface area contributed by atoms with E-state index in [1.54, 1.807) is 24.2 Å². The summed E-state index contributed by atoms with van der Waals surface area (Å²) in [4.78, 5) is 9.84. The average molecular weight is 257 g/mol. The van der Waals surface area contributed by atoms with Crippen molar-refractivity contribution < 1.29 is 0 Å². The Balaban J connectivity index is 1.79. The van der Waals surface area contributed by atoms with E-state index in [4.69, 9.17) is 5.73 Å². The Bertz CT molecular complexity index is 551. The summed E-state index contributed by atoms with van der Waals surface area (Å²) in [5.41, 5.74) is 9.48. The van der Waals surface area contributed by atoms with Gasteiger partial charge in [-0.05, 0) is 54.3 Å². The molecular formula is C14H15N3S. The predicted octanol–water partition coefficient (Wildman–Crippen LogP) is 2.58. The Kier molecular flexibility index (Phi) is 3.30. The third kappa shape index (κ3) is 2.40. The zero-order valence-electron chi connectivity index (χ0n) is 10.1. The SMILES string of the molecule is NCc1cnc(Sc2ccc3c(c2)CCC3)nc1. The van der Waals surface area contributed by atoms with Crippen molar-refractivity contribution in [2.24, 2.45) is 5.73 Å². The summed E-state index contributed by atoms with van der Waals surface area (Å²) in [6.07, 6.45) is 7.30. The van der Waals surface area contributed by atoms with E-state index >= 15 is 0 Å². The minimum Gasteiger partial charge on any atom is -0.326 e. The fourth-order valence-corrected chi connectivity index (χ4v) is 2.98. The minimum atomic E-state index is 0.490. The van der Waals surface area contributed by atoms with E-state index in [2.05, 4.69) is 28.2 Å². The van der Waals surface area contributed by atoms with Crippen LogP contribution in [0.1, 0.15) is 23.1 Å². The van der Waals surface area contributed by atoms with Crippen LogP contribution in [0.3, 0.4) is 0 Å². The van der Waals surface area contributed by atoms with Crippen molar-refractivity contribution in [2.45, 2.75) is 35.9 Å². The second-order valence-corrected chi connectivity index (χ2v) is 5.50. The molecule has 1 aliphatic carbocycles. The summed E-state index contributed by atoms with van der Waals surface area (Å²) in [6, 6.07) is 6.67. The van der Waals surface area contributed by atoms with Crippen molar-refractivity contribution in [2.75, 3.05) is 0 Å². The Morgan fingerprint density at radius 1 is 1.11 bits per heavy atom. The van der Waals surface area contributed by atoms with Crippen LogP contribution >= 0.6 is 11.8 Å². The molecule has 18 heavy (non-hydrogen) atoms. The quantitative estimate of drug-likeness (QED) is 0.859. The highest BCUT2D eigenvalue weighted by molar-refractivity contribution is 7.99. The molecule has 0 saturated carbocycles. The Morgan fingerprint density at radius 2 is 1.89 bits per heavy atom. The number of rotatable bonds is 3. The van der Waals surface area contributed by atoms with Crippen molar-refractivity contribution >= 4 is 11.8 Å². The lowest BCUT2D eigenvalue weighted by Gasteiger charge is -2.04. The molecule has 0 spiro atoms. The first-order valence-corrected chi connectivity index (χ1v) is 6.97. The van der Waals surface area contributed by atoms with E-state index in [0.717, 1.165) is 10.7 Å². The number of nitrogens with zero attached hydrogens (tertiary/aromatic N) is 2. The maximum atomic E-state index is 5.53. The molecule has 0 fully saturated rings. The lowest BCUT2D eigenvalue weighted by atomic mass is 10.1. The van der Waals surface area contributed by atoms with Gasteiger partial charge in [-0.3, -0.25) is 0 Å². The molecule has 1 heterocycles. The first-order chi connectivity index (χ1) is 8.85. The van der Waals surface area contributed by atoms with Gasteiger partial charge in [-0.1, -0.05) is 6.07 Å². The van der Waals surface area contributed by atoms with E-state index in [1.165, 1.54) is 35.3 Å². The normalized spacial score (nSPS) is 13.6. The highest BCUT2D eigenvalue weighted by Gasteiger charge is 2.11. The van der Waals surface area contributed by atoms with Crippen molar-refractivity contribution in [3.05, 3.63) is 47.3 Å². The van der Waals surface area contributed by atoms with Gasteiger partial charge in [-0.25, -0.2) is 9.97 Å². The third-order valence-electron chi connectivity index (χ3n) is 3.20. The van der Waals surface area contributed by atoms with Gasteiger partial charge < -0.3 is 5.73 Å². The van der Waals surface area contributed by atoms with E-state index in [1.807, 2.05) is 0 Å². The van der Waals surface area contributed by atoms with Gasteiger partial charge in [0.1, 0.15) is 0 Å². The van der Waals surface area contributed by atoms with Gasteiger partial charge in [0, 0.05) is 29.4 Å². The van der Waals surface area contributed by atoms with Crippen LogP contribution < -0.4 is 5.73 Å². The standard InChI is InChI=1S/C14H15N3S/c15-7-10-8-16-14(17-9-10)18-13-5-4-11-2-1-3-12(11)6-13/h4-6,8-9H,1-3,7,15H2. The molecule has 2 N–H and O–H groups in total. The topological polar surface area (TPSA) is 51.8 Å². The summed E-state index contributed by atoms with van der Waals surface area (Å²) in [5.74, 6) is 0. The highest BCUT2D eigenvalue weighted by Crippen LogP contribution is 2.30. The molecule has 0 amide bonds. The summed E-state index contributed by atoms with van der Waals surface area (Å²) in [5, 5.41) is 0.783. The average Bonchev–Trinajstić information content (AvgIpc) is 2.87. The number of fused-ring (bicyclic) bond motifs is 1. The number of aryl methyl sites for hydroxylation is 2. The molecule has 1 aliphatic rings. The Labute approximate surface area is 111 Å². The van der Waals surface area contributed by atoms with Gasteiger partial charge >= 0.3 is 0 Å². The lowest BCUT2D eigenvalue weighted by molar-refractivity contribution is 0.910. The van der Waals surface area contributed by atoms with Crippen LogP contribution in [0.4, 0.5) is 0 Å². The largest absolute Gasteiger partial charge is 0.326 e. The van der Waals surface area contributed by atoms with Crippen molar-refractivity contribution in [1.82, 2.24) is 9.97 Å². The van der Waals surface area contributed by atoms with Gasteiger partial charge in [0.2, 0.25) is 0 Å². The zero-order chi connectivity index (χ0) is 12.4. The van der Waals surface area contributed by atoms with Crippen LogP contribution in [0.2, 0.25) is 0 Å². The Hall–Kier alpha value is -1.39. The van der Waals surface area contributed by atoms with Crippen LogP contribution in [0.5, 0.6) is 0 Å². The molecule has 0 radical (unpaired) electrons. The molecule has 1 aromatic carbocycles. The molecule has 0 saturated heterocycles. The number of nitrogens with two attached hydrogens (primary N) is 1. The molecule has 3 rings (SSSR count). The van der Waals surface area contributed by atoms with Crippen LogP contribution in [-0.2, 0) is 19.4 Å². The molecule has 0 bridgehead atoms. The molecule has 0 aliphatic heterocycles. The van der Waals surface area contributed by atoms with Gasteiger partial charge in [-0.15, -0.1) is 0 Å². The van der Waals surface area contributed by atoms with Crippen LogP contribution in [0, 0.1) is 0 Å². The van der Waals surface area contributed by atoms with Gasteiger partial charge in [0.25, 0.3) is 0 Å². The summed E-state index contributed by atoms with van der Waals surface area (Å²) < 4.78 is 0. The molecule has 2 aromatic rings. The molecule has 4 heteroatoms. The molecule has 1 aromatic heterocycles. The molecule has 3 nitrogen and oxygen atoms in total. The van der Waals surface area contributed by atoms with Crippen molar-refractivity contribution in [3.8, 4) is 0 Å². The number of aromatic nitrogens is 2. The van der Waals surface area contributed by atoms with E-state index in [-0.39, 0.29) is 0 Å². The van der Waals surface area contributed by atoms with E-state index in [9.17, 15) is 0 Å². The fourth-order valence-electron chi connectivity index (χ4n) is 2.22. The molecular weight excluding hydrogens is 242 g/mol. The number of hydrogen-bond acceptors (Lipinski definition) is 4. The second kappa shape index (κ2) is 5.08. The van der Waals surface area contributed by atoms with E-state index < -0.39 is 0 Å². The number of benzene rings is 1. The van der Waals surface area contributed by atoms with Gasteiger partial charge in [-0.2, -0.15) is 0 Å². The lowest BCUT2D eigenvalue weighted by Crippen LogP contribution is -1.98. The monoisotopic (exact) mass is 257 g/mol. The maximum absolute atomic E-state index is 5.53. The summed E-state index contributed by atoms with van der Waals surface area (Å²) in [7, 11) is 0. The van der Waals surface area contributed by atoms with E-state index in [0.29, 0.717) is 6.54 Å². The van der Waals surface area contributed by atoms with Gasteiger partial charge in [0.05, 0.1) is 0 Å². The zero-order valence-corrected chi connectivity index (χ0v) is 10.9. The maximum Gasteiger partial charge on any atom is 0.192 e.